The number of halogens is 1. The van der Waals surface area contributed by atoms with E-state index >= 15 is 0 Å². The minimum absolute atomic E-state index is 0.273. The Morgan fingerprint density at radius 2 is 2.12 bits per heavy atom. The van der Waals surface area contributed by atoms with Crippen LogP contribution in [0.2, 0.25) is 0 Å². The van der Waals surface area contributed by atoms with Gasteiger partial charge in [-0.3, -0.25) is 4.79 Å². The molecule has 3 saturated heterocycles. The Kier molecular flexibility index (Phi) is 2.84. The molecule has 0 aromatic heterocycles. The molecule has 0 radical (unpaired) electrons. The van der Waals surface area contributed by atoms with Crippen molar-refractivity contribution in [2.24, 2.45) is 17.8 Å². The summed E-state index contributed by atoms with van der Waals surface area (Å²) in [6, 6.07) is 0.501. The Labute approximate surface area is 102 Å². The maximum absolute atomic E-state index is 12.0. The van der Waals surface area contributed by atoms with Crippen LogP contribution in [0.5, 0.6) is 0 Å². The fourth-order valence-electron chi connectivity index (χ4n) is 3.98. The van der Waals surface area contributed by atoms with Gasteiger partial charge in [-0.15, -0.1) is 11.6 Å². The molecule has 0 aromatic carbocycles. The van der Waals surface area contributed by atoms with Crippen LogP contribution in [0.1, 0.15) is 19.3 Å². The van der Waals surface area contributed by atoms with Gasteiger partial charge in [0.1, 0.15) is 0 Å². The van der Waals surface area contributed by atoms with E-state index in [1.807, 2.05) is 0 Å². The number of rotatable bonds is 2. The highest BCUT2D eigenvalue weighted by Crippen LogP contribution is 2.45. The molecule has 16 heavy (non-hydrogen) atoms. The molecule has 4 fully saturated rings. The van der Waals surface area contributed by atoms with E-state index < -0.39 is 0 Å². The summed E-state index contributed by atoms with van der Waals surface area (Å²) in [5, 5.41) is 3.49. The van der Waals surface area contributed by atoms with Crippen LogP contribution in [-0.2, 0) is 4.79 Å². The number of hydrogen-bond acceptors (Lipinski definition) is 2. The molecule has 4 heteroatoms. The lowest BCUT2D eigenvalue weighted by Crippen LogP contribution is -2.59. The van der Waals surface area contributed by atoms with Crippen LogP contribution in [0.3, 0.4) is 0 Å². The first-order valence-corrected chi connectivity index (χ1v) is 6.91. The van der Waals surface area contributed by atoms with Gasteiger partial charge in [0.2, 0.25) is 5.91 Å². The van der Waals surface area contributed by atoms with Crippen molar-refractivity contribution >= 4 is 17.5 Å². The molecule has 1 N–H and O–H groups in total. The fraction of sp³-hybridized carbons (Fsp3) is 0.917. The highest BCUT2D eigenvalue weighted by molar-refractivity contribution is 6.18. The average Bonchev–Trinajstić information content (AvgIpc) is 2.80. The van der Waals surface area contributed by atoms with Gasteiger partial charge in [-0.25, -0.2) is 0 Å². The molecule has 4 atom stereocenters. The second kappa shape index (κ2) is 4.19. The van der Waals surface area contributed by atoms with Crippen LogP contribution in [0, 0.1) is 17.8 Å². The standard InChI is InChI=1S/C12H19ClN2O/c13-4-3-12(16)15-7-8-1-2-11(15)10-6-14-5-9(8)10/h8-11,14H,1-7H2/t8-,9+,10-,11+/m1/s1. The van der Waals surface area contributed by atoms with Crippen molar-refractivity contribution in [3.8, 4) is 0 Å². The number of nitrogens with one attached hydrogen (secondary N) is 1. The SMILES string of the molecule is O=C(CCCl)N1C[C@H]2CC[C@H]1[C@@H]1CNC[C@@H]21. The van der Waals surface area contributed by atoms with Crippen molar-refractivity contribution in [1.29, 1.82) is 0 Å². The second-order valence-corrected chi connectivity index (χ2v) is 5.75. The largest absolute Gasteiger partial charge is 0.339 e. The molecule has 90 valence electrons. The number of hydrogen-bond donors (Lipinski definition) is 1. The predicted octanol–water partition coefficient (Wildman–Crippen LogP) is 1.07. The topological polar surface area (TPSA) is 32.3 Å². The van der Waals surface area contributed by atoms with E-state index in [2.05, 4.69) is 10.2 Å². The van der Waals surface area contributed by atoms with E-state index in [0.717, 1.165) is 24.9 Å². The van der Waals surface area contributed by atoms with Crippen LogP contribution >= 0.6 is 11.6 Å². The number of carbonyl (C=O) groups is 1. The summed E-state index contributed by atoms with van der Waals surface area (Å²) in [4.78, 5) is 14.1. The lowest BCUT2D eigenvalue weighted by molar-refractivity contribution is -0.143. The molecule has 1 saturated carbocycles. The van der Waals surface area contributed by atoms with Gasteiger partial charge in [0.25, 0.3) is 0 Å². The predicted molar refractivity (Wildman–Crippen MR) is 63.4 cm³/mol. The van der Waals surface area contributed by atoms with Gasteiger partial charge in [-0.1, -0.05) is 0 Å². The molecule has 0 spiro atoms. The number of carbonyl (C=O) groups excluding carboxylic acids is 1. The maximum Gasteiger partial charge on any atom is 0.224 e. The van der Waals surface area contributed by atoms with Gasteiger partial charge >= 0.3 is 0 Å². The van der Waals surface area contributed by atoms with Crippen LogP contribution in [0.15, 0.2) is 0 Å². The maximum atomic E-state index is 12.0. The number of amides is 1. The molecule has 4 rings (SSSR count). The number of piperidine rings is 2. The number of fused-ring (bicyclic) bond motifs is 2. The molecule has 3 heterocycles. The highest BCUT2D eigenvalue weighted by atomic mass is 35.5. The highest BCUT2D eigenvalue weighted by Gasteiger charge is 2.50. The van der Waals surface area contributed by atoms with Crippen molar-refractivity contribution in [2.75, 3.05) is 25.5 Å². The van der Waals surface area contributed by atoms with Crippen molar-refractivity contribution in [1.82, 2.24) is 10.2 Å². The summed E-state index contributed by atoms with van der Waals surface area (Å²) < 4.78 is 0. The Morgan fingerprint density at radius 3 is 2.94 bits per heavy atom. The minimum atomic E-state index is 0.273. The van der Waals surface area contributed by atoms with E-state index in [1.165, 1.54) is 19.4 Å². The van der Waals surface area contributed by atoms with Crippen molar-refractivity contribution in [2.45, 2.75) is 25.3 Å². The zero-order chi connectivity index (χ0) is 11.1. The minimum Gasteiger partial charge on any atom is -0.339 e. The summed E-state index contributed by atoms with van der Waals surface area (Å²) in [5.74, 6) is 3.02. The Balaban J connectivity index is 1.77. The molecule has 4 aliphatic rings. The van der Waals surface area contributed by atoms with Crippen molar-refractivity contribution in [3.05, 3.63) is 0 Å². The van der Waals surface area contributed by atoms with E-state index in [-0.39, 0.29) is 5.91 Å². The summed E-state index contributed by atoms with van der Waals surface area (Å²) in [6.45, 7) is 3.27. The van der Waals surface area contributed by atoms with E-state index in [4.69, 9.17) is 11.6 Å². The van der Waals surface area contributed by atoms with Crippen molar-refractivity contribution in [3.63, 3.8) is 0 Å². The zero-order valence-electron chi connectivity index (χ0n) is 9.49. The molecular formula is C12H19ClN2O. The zero-order valence-corrected chi connectivity index (χ0v) is 10.2. The smallest absolute Gasteiger partial charge is 0.224 e. The van der Waals surface area contributed by atoms with Gasteiger partial charge in [0.15, 0.2) is 0 Å². The first kappa shape index (κ1) is 10.8. The monoisotopic (exact) mass is 242 g/mol. The summed E-state index contributed by atoms with van der Waals surface area (Å²) in [5.41, 5.74) is 0. The quantitative estimate of drug-likeness (QED) is 0.735. The van der Waals surface area contributed by atoms with Crippen LogP contribution in [0.4, 0.5) is 0 Å². The van der Waals surface area contributed by atoms with Gasteiger partial charge in [0.05, 0.1) is 0 Å². The van der Waals surface area contributed by atoms with Gasteiger partial charge in [0, 0.05) is 31.4 Å². The molecule has 3 aliphatic heterocycles. The van der Waals surface area contributed by atoms with Crippen LogP contribution in [-0.4, -0.2) is 42.4 Å². The fourth-order valence-corrected chi connectivity index (χ4v) is 4.14. The normalized spacial score (nSPS) is 41.2. The van der Waals surface area contributed by atoms with Gasteiger partial charge in [-0.2, -0.15) is 0 Å². The van der Waals surface area contributed by atoms with E-state index in [1.54, 1.807) is 0 Å². The Bertz CT molecular complexity index is 297. The molecule has 1 aliphatic carbocycles. The third kappa shape index (κ3) is 1.56. The molecule has 2 bridgehead atoms. The first-order valence-electron chi connectivity index (χ1n) is 6.37. The summed E-state index contributed by atoms with van der Waals surface area (Å²) >= 11 is 5.67. The van der Waals surface area contributed by atoms with Crippen LogP contribution in [0.25, 0.3) is 0 Å². The van der Waals surface area contributed by atoms with Gasteiger partial charge < -0.3 is 10.2 Å². The van der Waals surface area contributed by atoms with Gasteiger partial charge in [-0.05, 0) is 37.1 Å². The molecule has 1 amide bonds. The summed E-state index contributed by atoms with van der Waals surface area (Å²) in [6.07, 6.45) is 3.04. The van der Waals surface area contributed by atoms with E-state index in [9.17, 15) is 4.79 Å². The van der Waals surface area contributed by atoms with E-state index in [0.29, 0.717) is 24.3 Å². The first-order chi connectivity index (χ1) is 7.81. The molecule has 0 unspecified atom stereocenters. The third-order valence-corrected chi connectivity index (χ3v) is 4.89. The lowest BCUT2D eigenvalue weighted by atomic mass is 9.66. The Morgan fingerprint density at radius 1 is 1.31 bits per heavy atom. The molecular weight excluding hydrogens is 224 g/mol. The Hall–Kier alpha value is -0.280. The van der Waals surface area contributed by atoms with Crippen molar-refractivity contribution < 1.29 is 4.79 Å². The molecule has 0 aromatic rings. The third-order valence-electron chi connectivity index (χ3n) is 4.70. The number of nitrogens with zero attached hydrogens (tertiary/aromatic N) is 1. The lowest BCUT2D eigenvalue weighted by Gasteiger charge is -2.52. The number of alkyl halides is 1. The second-order valence-electron chi connectivity index (χ2n) is 5.38. The summed E-state index contributed by atoms with van der Waals surface area (Å²) in [7, 11) is 0. The average molecular weight is 243 g/mol. The molecule has 3 nitrogen and oxygen atoms in total. The van der Waals surface area contributed by atoms with Crippen LogP contribution < -0.4 is 5.32 Å².